The molecule has 0 amide bonds. The molecular weight excluding hydrogens is 292 g/mol. The summed E-state index contributed by atoms with van der Waals surface area (Å²) in [6, 6.07) is 3.80. The first-order valence-corrected chi connectivity index (χ1v) is 7.35. The molecule has 0 saturated heterocycles. The van der Waals surface area contributed by atoms with Gasteiger partial charge in [-0.1, -0.05) is 43.5 Å². The van der Waals surface area contributed by atoms with Crippen molar-refractivity contribution in [3.63, 3.8) is 0 Å². The standard InChI is InChI=1S/C19H24O4/c1-6-8-15(7-2)12-23-18-13(3)9-16(10-14(18)4)11-17(20)19(21)22-5/h6-10,17,20H,1-2,11-12H2,3-5H3/b15-8+/t17-/m1/s1. The number of esters is 1. The van der Waals surface area contributed by atoms with Crippen LogP contribution in [0.25, 0.3) is 0 Å². The highest BCUT2D eigenvalue weighted by molar-refractivity contribution is 5.74. The van der Waals surface area contributed by atoms with Gasteiger partial charge in [-0.2, -0.15) is 0 Å². The minimum atomic E-state index is -1.16. The summed E-state index contributed by atoms with van der Waals surface area (Å²) in [6.45, 7) is 11.7. The predicted molar refractivity (Wildman–Crippen MR) is 91.6 cm³/mol. The van der Waals surface area contributed by atoms with Crippen LogP contribution in [0.1, 0.15) is 16.7 Å². The summed E-state index contributed by atoms with van der Waals surface area (Å²) in [5.74, 6) is 0.156. The fourth-order valence-electron chi connectivity index (χ4n) is 2.31. The number of hydrogen-bond acceptors (Lipinski definition) is 4. The van der Waals surface area contributed by atoms with Gasteiger partial charge in [-0.15, -0.1) is 0 Å². The van der Waals surface area contributed by atoms with Crippen LogP contribution in [-0.2, 0) is 16.0 Å². The maximum atomic E-state index is 11.3. The molecule has 0 aromatic heterocycles. The van der Waals surface area contributed by atoms with Crippen LogP contribution in [0.4, 0.5) is 0 Å². The summed E-state index contributed by atoms with van der Waals surface area (Å²) in [6.07, 6.45) is 4.32. The topological polar surface area (TPSA) is 55.8 Å². The van der Waals surface area contributed by atoms with Gasteiger partial charge in [-0.05, 0) is 36.1 Å². The van der Waals surface area contributed by atoms with Crippen molar-refractivity contribution < 1.29 is 19.4 Å². The molecule has 1 atom stereocenters. The van der Waals surface area contributed by atoms with Gasteiger partial charge in [0, 0.05) is 6.42 Å². The largest absolute Gasteiger partial charge is 0.488 e. The maximum absolute atomic E-state index is 11.3. The third kappa shape index (κ3) is 5.42. The number of benzene rings is 1. The van der Waals surface area contributed by atoms with Gasteiger partial charge in [0.25, 0.3) is 0 Å². The molecule has 0 radical (unpaired) electrons. The normalized spacial score (nSPS) is 12.4. The zero-order valence-electron chi connectivity index (χ0n) is 14.0. The number of aliphatic hydroxyl groups is 1. The van der Waals surface area contributed by atoms with Gasteiger partial charge in [0.2, 0.25) is 0 Å². The average molecular weight is 316 g/mol. The summed E-state index contributed by atoms with van der Waals surface area (Å²) in [5.41, 5.74) is 3.68. The molecule has 0 aliphatic rings. The van der Waals surface area contributed by atoms with Crippen LogP contribution in [-0.4, -0.2) is 30.9 Å². The monoisotopic (exact) mass is 316 g/mol. The molecular formula is C19H24O4. The van der Waals surface area contributed by atoms with Crippen LogP contribution in [0.15, 0.2) is 49.1 Å². The molecule has 4 nitrogen and oxygen atoms in total. The molecule has 0 spiro atoms. The Labute approximate surface area is 137 Å². The molecule has 0 unspecified atom stereocenters. The van der Waals surface area contributed by atoms with Crippen LogP contribution < -0.4 is 4.74 Å². The number of rotatable bonds is 8. The van der Waals surface area contributed by atoms with E-state index >= 15 is 0 Å². The zero-order chi connectivity index (χ0) is 17.4. The molecule has 0 aliphatic carbocycles. The highest BCUT2D eigenvalue weighted by Crippen LogP contribution is 2.26. The van der Waals surface area contributed by atoms with Gasteiger partial charge >= 0.3 is 5.97 Å². The van der Waals surface area contributed by atoms with Crippen molar-refractivity contribution in [2.24, 2.45) is 0 Å². The van der Waals surface area contributed by atoms with E-state index in [4.69, 9.17) is 4.74 Å². The molecule has 0 fully saturated rings. The van der Waals surface area contributed by atoms with Crippen LogP contribution >= 0.6 is 0 Å². The van der Waals surface area contributed by atoms with Crippen molar-refractivity contribution >= 4 is 5.97 Å². The fourth-order valence-corrected chi connectivity index (χ4v) is 2.31. The summed E-state index contributed by atoms with van der Waals surface area (Å²) < 4.78 is 10.4. The van der Waals surface area contributed by atoms with Crippen LogP contribution in [0.5, 0.6) is 5.75 Å². The summed E-state index contributed by atoms with van der Waals surface area (Å²) in [4.78, 5) is 11.3. The quantitative estimate of drug-likeness (QED) is 0.591. The molecule has 0 aliphatic heterocycles. The van der Waals surface area contributed by atoms with Crippen LogP contribution in [0, 0.1) is 13.8 Å². The van der Waals surface area contributed by atoms with Crippen molar-refractivity contribution in [3.8, 4) is 5.75 Å². The van der Waals surface area contributed by atoms with Gasteiger partial charge in [0.1, 0.15) is 12.4 Å². The van der Waals surface area contributed by atoms with Crippen molar-refractivity contribution in [1.29, 1.82) is 0 Å². The summed E-state index contributed by atoms with van der Waals surface area (Å²) in [7, 11) is 1.26. The number of methoxy groups -OCH3 is 1. The lowest BCUT2D eigenvalue weighted by Crippen LogP contribution is -2.24. The Morgan fingerprint density at radius 2 is 1.91 bits per heavy atom. The van der Waals surface area contributed by atoms with E-state index < -0.39 is 12.1 Å². The SMILES string of the molecule is C=C/C=C(\C=C)COc1c(C)cc(C[C@@H](O)C(=O)OC)cc1C. The van der Waals surface area contributed by atoms with Gasteiger partial charge in [-0.25, -0.2) is 4.79 Å². The lowest BCUT2D eigenvalue weighted by molar-refractivity contribution is -0.150. The van der Waals surface area contributed by atoms with E-state index in [1.807, 2.05) is 32.1 Å². The molecule has 124 valence electrons. The lowest BCUT2D eigenvalue weighted by Gasteiger charge is -2.15. The first-order valence-electron chi connectivity index (χ1n) is 7.35. The molecule has 0 saturated carbocycles. The van der Waals surface area contributed by atoms with Gasteiger partial charge in [0.05, 0.1) is 7.11 Å². The molecule has 1 aromatic carbocycles. The second-order valence-corrected chi connectivity index (χ2v) is 5.27. The summed E-state index contributed by atoms with van der Waals surface area (Å²) in [5, 5.41) is 9.76. The number of aliphatic hydroxyl groups excluding tert-OH is 1. The smallest absolute Gasteiger partial charge is 0.335 e. The Bertz CT molecular complexity index is 591. The Morgan fingerprint density at radius 1 is 1.30 bits per heavy atom. The molecule has 1 N–H and O–H groups in total. The Hall–Kier alpha value is -2.33. The van der Waals surface area contributed by atoms with Gasteiger partial charge in [-0.3, -0.25) is 0 Å². The van der Waals surface area contributed by atoms with E-state index in [1.54, 1.807) is 12.2 Å². The second kappa shape index (κ2) is 8.96. The lowest BCUT2D eigenvalue weighted by atomic mass is 10.0. The van der Waals surface area contributed by atoms with E-state index in [0.717, 1.165) is 28.0 Å². The average Bonchev–Trinajstić information content (AvgIpc) is 2.51. The third-order valence-electron chi connectivity index (χ3n) is 3.40. The predicted octanol–water partition coefficient (Wildman–Crippen LogP) is 3.06. The molecule has 1 aromatic rings. The van der Waals surface area contributed by atoms with Gasteiger partial charge in [0.15, 0.2) is 6.10 Å². The highest BCUT2D eigenvalue weighted by atomic mass is 16.5. The summed E-state index contributed by atoms with van der Waals surface area (Å²) >= 11 is 0. The van der Waals surface area contributed by atoms with Crippen LogP contribution in [0.2, 0.25) is 0 Å². The Morgan fingerprint density at radius 3 is 2.39 bits per heavy atom. The third-order valence-corrected chi connectivity index (χ3v) is 3.40. The fraction of sp³-hybridized carbons (Fsp3) is 0.316. The first-order chi connectivity index (χ1) is 10.9. The highest BCUT2D eigenvalue weighted by Gasteiger charge is 2.17. The van der Waals surface area contributed by atoms with E-state index in [-0.39, 0.29) is 6.42 Å². The van der Waals surface area contributed by atoms with E-state index in [0.29, 0.717) is 6.61 Å². The minimum Gasteiger partial charge on any atom is -0.488 e. The van der Waals surface area contributed by atoms with Crippen molar-refractivity contribution in [2.75, 3.05) is 13.7 Å². The van der Waals surface area contributed by atoms with Gasteiger partial charge < -0.3 is 14.6 Å². The van der Waals surface area contributed by atoms with Crippen molar-refractivity contribution in [2.45, 2.75) is 26.4 Å². The van der Waals surface area contributed by atoms with Crippen LogP contribution in [0.3, 0.4) is 0 Å². The second-order valence-electron chi connectivity index (χ2n) is 5.27. The number of allylic oxidation sites excluding steroid dienone is 2. The molecule has 4 heteroatoms. The van der Waals surface area contributed by atoms with Crippen molar-refractivity contribution in [1.82, 2.24) is 0 Å². The first kappa shape index (κ1) is 18.7. The van der Waals surface area contributed by atoms with Crippen molar-refractivity contribution in [3.05, 3.63) is 65.8 Å². The molecule has 0 bridgehead atoms. The Balaban J connectivity index is 2.89. The zero-order valence-corrected chi connectivity index (χ0v) is 14.0. The van der Waals surface area contributed by atoms with E-state index in [9.17, 15) is 9.90 Å². The molecule has 1 rings (SSSR count). The number of hydrogen-bond donors (Lipinski definition) is 1. The number of aryl methyl sites for hydroxylation is 2. The number of carbonyl (C=O) groups excluding carboxylic acids is 1. The Kier molecular flexibility index (Phi) is 7.29. The molecule has 0 heterocycles. The number of ether oxygens (including phenoxy) is 2. The molecule has 23 heavy (non-hydrogen) atoms. The van der Waals surface area contributed by atoms with E-state index in [2.05, 4.69) is 17.9 Å². The van der Waals surface area contributed by atoms with E-state index in [1.165, 1.54) is 7.11 Å². The minimum absolute atomic E-state index is 0.211. The maximum Gasteiger partial charge on any atom is 0.335 e. The number of carbonyl (C=O) groups is 1.